The third-order valence-electron chi connectivity index (χ3n) is 5.17. The molecule has 2 fully saturated rings. The first-order valence-electron chi connectivity index (χ1n) is 9.07. The van der Waals surface area contributed by atoms with E-state index in [4.69, 9.17) is 14.2 Å². The van der Waals surface area contributed by atoms with E-state index in [1.165, 1.54) is 7.11 Å². The molecule has 0 aromatic carbocycles. The number of hydrogen-bond donors (Lipinski definition) is 0. The SMILES string of the molecule is COc1ncccc1C(=O)N1CC[C@H]2OCCC[C@]2(COC(C)C)C1. The van der Waals surface area contributed by atoms with Gasteiger partial charge in [0.15, 0.2) is 0 Å². The van der Waals surface area contributed by atoms with Gasteiger partial charge in [-0.05, 0) is 45.2 Å². The van der Waals surface area contributed by atoms with Crippen LogP contribution in [0.25, 0.3) is 0 Å². The molecule has 25 heavy (non-hydrogen) atoms. The minimum Gasteiger partial charge on any atom is -0.480 e. The molecule has 2 aliphatic heterocycles. The Bertz CT molecular complexity index is 607. The second-order valence-corrected chi connectivity index (χ2v) is 7.26. The van der Waals surface area contributed by atoms with Gasteiger partial charge >= 0.3 is 0 Å². The van der Waals surface area contributed by atoms with Crippen LogP contribution in [-0.2, 0) is 9.47 Å². The smallest absolute Gasteiger partial charge is 0.259 e. The Morgan fingerprint density at radius 3 is 3.12 bits per heavy atom. The van der Waals surface area contributed by atoms with Crippen molar-refractivity contribution in [1.29, 1.82) is 0 Å². The lowest BCUT2D eigenvalue weighted by Crippen LogP contribution is -2.58. The number of rotatable bonds is 5. The molecule has 1 aromatic heterocycles. The minimum atomic E-state index is -0.119. The summed E-state index contributed by atoms with van der Waals surface area (Å²) in [5.74, 6) is 0.347. The van der Waals surface area contributed by atoms with Crippen molar-refractivity contribution in [1.82, 2.24) is 9.88 Å². The van der Waals surface area contributed by atoms with Crippen LogP contribution >= 0.6 is 0 Å². The maximum atomic E-state index is 13.1. The summed E-state index contributed by atoms with van der Waals surface area (Å²) in [7, 11) is 1.54. The molecule has 1 amide bonds. The predicted molar refractivity (Wildman–Crippen MR) is 93.8 cm³/mol. The standard InChI is InChI=1S/C19H28N2O4/c1-14(2)25-13-19-8-5-11-24-16(19)7-10-21(12-19)18(22)15-6-4-9-20-17(15)23-3/h4,6,9,14,16H,5,7-8,10-13H2,1-3H3/t16-,19-/m1/s1. The van der Waals surface area contributed by atoms with Crippen molar-refractivity contribution in [2.75, 3.05) is 33.4 Å². The van der Waals surface area contributed by atoms with Crippen molar-refractivity contribution >= 4 is 5.91 Å². The molecule has 3 rings (SSSR count). The summed E-state index contributed by atoms with van der Waals surface area (Å²) in [5.41, 5.74) is 0.395. The van der Waals surface area contributed by atoms with Gasteiger partial charge in [-0.3, -0.25) is 4.79 Å². The van der Waals surface area contributed by atoms with Gasteiger partial charge in [-0.1, -0.05) is 0 Å². The van der Waals surface area contributed by atoms with Gasteiger partial charge in [0.1, 0.15) is 5.56 Å². The monoisotopic (exact) mass is 348 g/mol. The first-order chi connectivity index (χ1) is 12.1. The second-order valence-electron chi connectivity index (χ2n) is 7.26. The van der Waals surface area contributed by atoms with E-state index < -0.39 is 0 Å². The first-order valence-corrected chi connectivity index (χ1v) is 9.07. The zero-order valence-electron chi connectivity index (χ0n) is 15.4. The maximum Gasteiger partial charge on any atom is 0.259 e. The number of pyridine rings is 1. The van der Waals surface area contributed by atoms with Crippen molar-refractivity contribution in [2.45, 2.75) is 45.3 Å². The van der Waals surface area contributed by atoms with E-state index in [1.54, 1.807) is 18.3 Å². The first kappa shape index (κ1) is 18.1. The number of nitrogens with zero attached hydrogens (tertiary/aromatic N) is 2. The topological polar surface area (TPSA) is 60.9 Å². The normalized spacial score (nSPS) is 26.4. The molecule has 0 aliphatic carbocycles. The van der Waals surface area contributed by atoms with Crippen LogP contribution in [0, 0.1) is 5.41 Å². The van der Waals surface area contributed by atoms with Crippen molar-refractivity contribution in [3.8, 4) is 5.88 Å². The summed E-state index contributed by atoms with van der Waals surface area (Å²) >= 11 is 0. The summed E-state index contributed by atoms with van der Waals surface area (Å²) < 4.78 is 17.3. The zero-order valence-corrected chi connectivity index (χ0v) is 15.4. The number of aromatic nitrogens is 1. The molecule has 2 atom stereocenters. The fourth-order valence-electron chi connectivity index (χ4n) is 3.89. The lowest BCUT2D eigenvalue weighted by atomic mass is 9.73. The van der Waals surface area contributed by atoms with E-state index in [2.05, 4.69) is 4.98 Å². The highest BCUT2D eigenvalue weighted by Gasteiger charge is 2.47. The number of likely N-dealkylation sites (tertiary alicyclic amines) is 1. The number of carbonyl (C=O) groups is 1. The second kappa shape index (κ2) is 7.70. The molecule has 0 bridgehead atoms. The summed E-state index contributed by atoms with van der Waals surface area (Å²) in [6.45, 7) is 6.86. The van der Waals surface area contributed by atoms with Crippen molar-refractivity contribution in [3.63, 3.8) is 0 Å². The van der Waals surface area contributed by atoms with Crippen molar-refractivity contribution < 1.29 is 19.0 Å². The molecule has 2 saturated heterocycles. The van der Waals surface area contributed by atoms with Crippen LogP contribution in [0.3, 0.4) is 0 Å². The molecular weight excluding hydrogens is 320 g/mol. The van der Waals surface area contributed by atoms with E-state index in [0.717, 1.165) is 25.9 Å². The number of hydrogen-bond acceptors (Lipinski definition) is 5. The molecule has 0 N–H and O–H groups in total. The summed E-state index contributed by atoms with van der Waals surface area (Å²) in [6.07, 6.45) is 4.85. The maximum absolute atomic E-state index is 13.1. The van der Waals surface area contributed by atoms with Crippen LogP contribution in [0.1, 0.15) is 43.5 Å². The van der Waals surface area contributed by atoms with Gasteiger partial charge in [-0.25, -0.2) is 4.98 Å². The molecule has 0 saturated carbocycles. The molecule has 138 valence electrons. The van der Waals surface area contributed by atoms with Crippen LogP contribution in [-0.4, -0.2) is 61.4 Å². The molecule has 3 heterocycles. The highest BCUT2D eigenvalue weighted by Crippen LogP contribution is 2.41. The predicted octanol–water partition coefficient (Wildman–Crippen LogP) is 2.53. The van der Waals surface area contributed by atoms with E-state index in [9.17, 15) is 4.79 Å². The third kappa shape index (κ3) is 3.80. The fraction of sp³-hybridized carbons (Fsp3) is 0.684. The minimum absolute atomic E-state index is 0.0297. The van der Waals surface area contributed by atoms with Crippen LogP contribution in [0.15, 0.2) is 18.3 Å². The van der Waals surface area contributed by atoms with E-state index in [-0.39, 0.29) is 23.5 Å². The molecule has 0 radical (unpaired) electrons. The van der Waals surface area contributed by atoms with Gasteiger partial charge in [-0.2, -0.15) is 0 Å². The quantitative estimate of drug-likeness (QED) is 0.818. The zero-order chi connectivity index (χ0) is 17.9. The fourth-order valence-corrected chi connectivity index (χ4v) is 3.89. The lowest BCUT2D eigenvalue weighted by Gasteiger charge is -2.50. The van der Waals surface area contributed by atoms with Crippen LogP contribution in [0.2, 0.25) is 0 Å². The summed E-state index contributed by atoms with van der Waals surface area (Å²) in [6, 6.07) is 3.54. The highest BCUT2D eigenvalue weighted by atomic mass is 16.5. The van der Waals surface area contributed by atoms with Crippen molar-refractivity contribution in [2.24, 2.45) is 5.41 Å². The largest absolute Gasteiger partial charge is 0.480 e. The van der Waals surface area contributed by atoms with Gasteiger partial charge in [0.05, 0.1) is 25.9 Å². The Kier molecular flexibility index (Phi) is 5.59. The molecule has 0 spiro atoms. The molecule has 6 nitrogen and oxygen atoms in total. The Morgan fingerprint density at radius 2 is 2.36 bits per heavy atom. The van der Waals surface area contributed by atoms with Gasteiger partial charge < -0.3 is 19.1 Å². The van der Waals surface area contributed by atoms with E-state index in [1.807, 2.05) is 18.7 Å². The van der Waals surface area contributed by atoms with Gasteiger partial charge in [0, 0.05) is 31.3 Å². The molecule has 0 unspecified atom stereocenters. The van der Waals surface area contributed by atoms with Crippen LogP contribution in [0.4, 0.5) is 0 Å². The Labute approximate surface area is 149 Å². The number of ether oxygens (including phenoxy) is 3. The highest BCUT2D eigenvalue weighted by molar-refractivity contribution is 5.96. The number of carbonyl (C=O) groups excluding carboxylic acids is 1. The van der Waals surface area contributed by atoms with E-state index >= 15 is 0 Å². The lowest BCUT2D eigenvalue weighted by molar-refractivity contribution is -0.152. The van der Waals surface area contributed by atoms with Crippen molar-refractivity contribution in [3.05, 3.63) is 23.9 Å². The van der Waals surface area contributed by atoms with Gasteiger partial charge in [0.2, 0.25) is 5.88 Å². The number of piperidine rings is 1. The molecule has 1 aromatic rings. The Hall–Kier alpha value is -1.66. The Morgan fingerprint density at radius 1 is 1.52 bits per heavy atom. The van der Waals surface area contributed by atoms with Crippen LogP contribution < -0.4 is 4.74 Å². The molecular formula is C19H28N2O4. The average molecular weight is 348 g/mol. The molecule has 6 heteroatoms. The number of methoxy groups -OCH3 is 1. The third-order valence-corrected chi connectivity index (χ3v) is 5.17. The van der Waals surface area contributed by atoms with Gasteiger partial charge in [0.25, 0.3) is 5.91 Å². The van der Waals surface area contributed by atoms with E-state index in [0.29, 0.717) is 31.1 Å². The average Bonchev–Trinajstić information content (AvgIpc) is 2.65. The summed E-state index contributed by atoms with van der Waals surface area (Å²) in [5, 5.41) is 0. The van der Waals surface area contributed by atoms with Gasteiger partial charge in [-0.15, -0.1) is 0 Å². The number of amides is 1. The van der Waals surface area contributed by atoms with Crippen LogP contribution in [0.5, 0.6) is 5.88 Å². The Balaban J connectivity index is 1.80. The number of fused-ring (bicyclic) bond motifs is 1. The summed E-state index contributed by atoms with van der Waals surface area (Å²) in [4.78, 5) is 19.1. The molecule has 2 aliphatic rings.